The van der Waals surface area contributed by atoms with Crippen molar-refractivity contribution >= 4 is 23.2 Å². The monoisotopic (exact) mass is 617 g/mol. The van der Waals surface area contributed by atoms with Gasteiger partial charge < -0.3 is 25.2 Å². The van der Waals surface area contributed by atoms with Crippen molar-refractivity contribution in [2.45, 2.75) is 45.6 Å². The first-order valence-electron chi connectivity index (χ1n) is 13.1. The van der Waals surface area contributed by atoms with Gasteiger partial charge in [0.1, 0.15) is 17.1 Å². The van der Waals surface area contributed by atoms with Crippen LogP contribution >= 0.6 is 0 Å². The van der Waals surface area contributed by atoms with Crippen LogP contribution in [-0.4, -0.2) is 44.7 Å². The van der Waals surface area contributed by atoms with Gasteiger partial charge in [0.05, 0.1) is 12.2 Å². The Morgan fingerprint density at radius 3 is 2.52 bits per heavy atom. The third-order valence-corrected chi connectivity index (χ3v) is 7.10. The highest BCUT2D eigenvalue weighted by atomic mass is 19.3. The van der Waals surface area contributed by atoms with E-state index in [0.717, 1.165) is 45.6 Å². The number of aliphatic hydroxyl groups excluding tert-OH is 1. The second-order valence-corrected chi connectivity index (χ2v) is 9.79. The summed E-state index contributed by atoms with van der Waals surface area (Å²) in [6.45, 7) is -1.50. The number of rotatable bonds is 10. The first kappa shape index (κ1) is 30.3. The maximum absolute atomic E-state index is 14.5. The minimum absolute atomic E-state index is 0.0665. The zero-order valence-corrected chi connectivity index (χ0v) is 22.9. The number of amides is 2. The summed E-state index contributed by atoms with van der Waals surface area (Å²) in [7, 11) is 0. The molecule has 0 radical (unpaired) electrons. The Hall–Kier alpha value is -5.21. The van der Waals surface area contributed by atoms with Gasteiger partial charge in [0.15, 0.2) is 23.0 Å². The molecule has 0 bridgehead atoms. The number of aliphatic hydroxyl groups is 1. The van der Waals surface area contributed by atoms with Crippen molar-refractivity contribution in [1.82, 2.24) is 25.2 Å². The van der Waals surface area contributed by atoms with Gasteiger partial charge >= 0.3 is 13.2 Å². The van der Waals surface area contributed by atoms with Crippen LogP contribution in [0.1, 0.15) is 61.3 Å². The summed E-state index contributed by atoms with van der Waals surface area (Å²) in [5.74, 6) is -3.78. The second kappa shape index (κ2) is 12.2. The second-order valence-electron chi connectivity index (χ2n) is 9.79. The summed E-state index contributed by atoms with van der Waals surface area (Å²) < 4.78 is 74.7. The number of alkyl halides is 4. The maximum atomic E-state index is 14.5. The third kappa shape index (κ3) is 6.11. The molecular formula is C29H24F5N5O5. The largest absolute Gasteiger partial charge is 0.508 e. The molecule has 3 N–H and O–H groups in total. The van der Waals surface area contributed by atoms with E-state index < -0.39 is 54.0 Å². The normalized spacial score (nSPS) is 14.1. The van der Waals surface area contributed by atoms with Crippen molar-refractivity contribution in [1.29, 1.82) is 0 Å². The van der Waals surface area contributed by atoms with Gasteiger partial charge in [0.2, 0.25) is 0 Å². The predicted molar refractivity (Wildman–Crippen MR) is 145 cm³/mol. The number of carbonyl (C=O) groups excluding carboxylic acids is 2. The molecule has 1 aliphatic carbocycles. The Morgan fingerprint density at radius 1 is 1.09 bits per heavy atom. The summed E-state index contributed by atoms with van der Waals surface area (Å²) in [4.78, 5) is 30.4. The SMILES string of the molecule is C=C(O)c1ccc2c(c1C)CC[C@@H]2NC(=O)c1cc(C(=O)NCc2ccc(OC(F)F)c(OC(F)F)c2)nc2c(F)cnn12. The average Bonchev–Trinajstić information content (AvgIpc) is 3.55. The number of nitrogens with zero attached hydrogens (tertiary/aromatic N) is 3. The van der Waals surface area contributed by atoms with E-state index in [1.165, 1.54) is 6.07 Å². The van der Waals surface area contributed by atoms with Crippen LogP contribution in [0.15, 0.2) is 49.2 Å². The van der Waals surface area contributed by atoms with Crippen LogP contribution in [0.25, 0.3) is 11.4 Å². The van der Waals surface area contributed by atoms with Crippen molar-refractivity contribution < 1.29 is 46.1 Å². The number of aromatic nitrogens is 3. The molecule has 2 aromatic carbocycles. The first-order valence-corrected chi connectivity index (χ1v) is 13.1. The molecule has 0 unspecified atom stereocenters. The quantitative estimate of drug-likeness (QED) is 0.164. The van der Waals surface area contributed by atoms with Crippen molar-refractivity contribution in [3.63, 3.8) is 0 Å². The van der Waals surface area contributed by atoms with Gasteiger partial charge in [-0.3, -0.25) is 9.59 Å². The Bertz CT molecular complexity index is 1780. The Morgan fingerprint density at radius 2 is 1.82 bits per heavy atom. The van der Waals surface area contributed by atoms with Gasteiger partial charge in [-0.25, -0.2) is 13.9 Å². The minimum atomic E-state index is -3.33. The molecule has 1 aliphatic rings. The van der Waals surface area contributed by atoms with E-state index in [9.17, 15) is 36.6 Å². The zero-order chi connectivity index (χ0) is 31.7. The van der Waals surface area contributed by atoms with E-state index in [2.05, 4.69) is 36.8 Å². The highest BCUT2D eigenvalue weighted by molar-refractivity contribution is 5.98. The minimum Gasteiger partial charge on any atom is -0.508 e. The van der Waals surface area contributed by atoms with Crippen LogP contribution in [0.2, 0.25) is 0 Å². The summed E-state index contributed by atoms with van der Waals surface area (Å²) in [5.41, 5.74) is 2.50. The van der Waals surface area contributed by atoms with Gasteiger partial charge in [-0.05, 0) is 54.2 Å². The van der Waals surface area contributed by atoms with E-state index in [0.29, 0.717) is 18.4 Å². The van der Waals surface area contributed by atoms with Crippen molar-refractivity contribution in [3.8, 4) is 11.5 Å². The van der Waals surface area contributed by atoms with Crippen molar-refractivity contribution in [2.75, 3.05) is 0 Å². The summed E-state index contributed by atoms with van der Waals surface area (Å²) >= 11 is 0. The number of halogens is 5. The van der Waals surface area contributed by atoms with Crippen molar-refractivity contribution in [2.24, 2.45) is 0 Å². The lowest BCUT2D eigenvalue weighted by atomic mass is 9.97. The molecule has 2 heterocycles. The predicted octanol–water partition coefficient (Wildman–Crippen LogP) is 5.26. The van der Waals surface area contributed by atoms with Crippen LogP contribution in [0, 0.1) is 12.7 Å². The highest BCUT2D eigenvalue weighted by Crippen LogP contribution is 2.36. The molecule has 0 saturated heterocycles. The molecule has 2 amide bonds. The van der Waals surface area contributed by atoms with Gasteiger partial charge in [-0.1, -0.05) is 24.8 Å². The molecule has 0 saturated carbocycles. The van der Waals surface area contributed by atoms with Crippen LogP contribution in [0.5, 0.6) is 11.5 Å². The number of fused-ring (bicyclic) bond motifs is 2. The Balaban J connectivity index is 1.37. The van der Waals surface area contributed by atoms with E-state index in [4.69, 9.17) is 0 Å². The molecule has 5 rings (SSSR count). The van der Waals surface area contributed by atoms with E-state index >= 15 is 0 Å². The summed E-state index contributed by atoms with van der Waals surface area (Å²) in [6, 6.07) is 7.40. The molecule has 10 nitrogen and oxygen atoms in total. The topological polar surface area (TPSA) is 127 Å². The van der Waals surface area contributed by atoms with Crippen LogP contribution in [-0.2, 0) is 13.0 Å². The Kier molecular flexibility index (Phi) is 8.38. The van der Waals surface area contributed by atoms with Crippen LogP contribution < -0.4 is 20.1 Å². The molecule has 44 heavy (non-hydrogen) atoms. The molecule has 230 valence electrons. The summed E-state index contributed by atoms with van der Waals surface area (Å²) in [5, 5.41) is 19.1. The first-order chi connectivity index (χ1) is 20.9. The molecule has 4 aromatic rings. The smallest absolute Gasteiger partial charge is 0.387 e. The van der Waals surface area contributed by atoms with E-state index in [-0.39, 0.29) is 29.3 Å². The van der Waals surface area contributed by atoms with E-state index in [1.807, 2.05) is 6.92 Å². The Labute approximate surface area is 246 Å². The fourth-order valence-electron chi connectivity index (χ4n) is 5.11. The highest BCUT2D eigenvalue weighted by Gasteiger charge is 2.29. The third-order valence-electron chi connectivity index (χ3n) is 7.10. The standard InChI is InChI=1S/C29H24F5N5O5/c1-13-16(14(2)40)4-5-18-17(13)6-7-20(18)38-27(42)22-10-21(37-25-19(30)12-36-39(22)25)26(41)35-11-15-3-8-23(43-28(31)32)24(9-15)44-29(33)34/h3-5,8-10,12,20,28-29,40H,2,6-7,11H2,1H3,(H,35,41)(H,38,42)/t20-/m0/s1. The molecule has 2 aromatic heterocycles. The number of ether oxygens (including phenoxy) is 2. The molecule has 1 atom stereocenters. The van der Waals surface area contributed by atoms with Crippen LogP contribution in [0.3, 0.4) is 0 Å². The van der Waals surface area contributed by atoms with Gasteiger partial charge in [-0.15, -0.1) is 0 Å². The number of nitrogens with one attached hydrogen (secondary N) is 2. The van der Waals surface area contributed by atoms with Crippen LogP contribution in [0.4, 0.5) is 22.0 Å². The van der Waals surface area contributed by atoms with E-state index in [1.54, 1.807) is 12.1 Å². The fourth-order valence-corrected chi connectivity index (χ4v) is 5.11. The van der Waals surface area contributed by atoms with Gasteiger partial charge in [0.25, 0.3) is 11.8 Å². The molecule has 15 heteroatoms. The number of hydrogen-bond acceptors (Lipinski definition) is 7. The van der Waals surface area contributed by atoms with Crippen molar-refractivity contribution in [3.05, 3.63) is 94.2 Å². The molecule has 0 fully saturated rings. The number of carbonyl (C=O) groups is 2. The molecule has 0 aliphatic heterocycles. The molecular weight excluding hydrogens is 593 g/mol. The van der Waals surface area contributed by atoms with Gasteiger partial charge in [0, 0.05) is 18.2 Å². The number of benzene rings is 2. The van der Waals surface area contributed by atoms with Gasteiger partial charge in [-0.2, -0.15) is 22.7 Å². The fraction of sp³-hybridized carbons (Fsp3) is 0.241. The number of hydrogen-bond donors (Lipinski definition) is 3. The maximum Gasteiger partial charge on any atom is 0.387 e. The lowest BCUT2D eigenvalue weighted by molar-refractivity contribution is -0.0692. The lowest BCUT2D eigenvalue weighted by Gasteiger charge is -2.17. The lowest BCUT2D eigenvalue weighted by Crippen LogP contribution is -2.30. The summed E-state index contributed by atoms with van der Waals surface area (Å²) in [6.07, 6.45) is 2.02. The zero-order valence-electron chi connectivity index (χ0n) is 22.9. The molecule has 0 spiro atoms. The average molecular weight is 618 g/mol.